The number of pyridine rings is 1. The molecule has 0 amide bonds. The molecule has 0 aliphatic carbocycles. The summed E-state index contributed by atoms with van der Waals surface area (Å²) in [7, 11) is -3.41. The number of hydrogen-bond acceptors (Lipinski definition) is 5. The van der Waals surface area contributed by atoms with Crippen LogP contribution >= 0.6 is 0 Å². The highest BCUT2D eigenvalue weighted by Crippen LogP contribution is 2.21. The average Bonchev–Trinajstić information content (AvgIpc) is 3.30. The molecule has 1 aromatic carbocycles. The third-order valence-corrected chi connectivity index (χ3v) is 7.74. The van der Waals surface area contributed by atoms with Crippen LogP contribution in [0, 0.1) is 0 Å². The Balaban J connectivity index is 1.39. The highest BCUT2D eigenvalue weighted by Gasteiger charge is 2.27. The van der Waals surface area contributed by atoms with Crippen molar-refractivity contribution in [2.45, 2.75) is 50.1 Å². The Morgan fingerprint density at radius 3 is 2.24 bits per heavy atom. The number of hydrogen-bond donors (Lipinski definition) is 1. The fourth-order valence-electron chi connectivity index (χ4n) is 4.14. The van der Waals surface area contributed by atoms with Gasteiger partial charge in [-0.3, -0.25) is 4.90 Å². The molecule has 0 atom stereocenters. The summed E-state index contributed by atoms with van der Waals surface area (Å²) in [5.41, 5.74) is 2.60. The van der Waals surface area contributed by atoms with Gasteiger partial charge >= 0.3 is 0 Å². The molecule has 1 N–H and O–H groups in total. The Morgan fingerprint density at radius 1 is 0.862 bits per heavy atom. The molecule has 2 aliphatic heterocycles. The summed E-state index contributed by atoms with van der Waals surface area (Å²) in [5.74, 6) is 0.693. The predicted molar refractivity (Wildman–Crippen MR) is 115 cm³/mol. The number of likely N-dealkylation sites (tertiary alicyclic amines) is 1. The van der Waals surface area contributed by atoms with Gasteiger partial charge in [0.05, 0.1) is 0 Å². The second-order valence-corrected chi connectivity index (χ2v) is 9.89. The van der Waals surface area contributed by atoms with Gasteiger partial charge in [0.25, 0.3) is 0 Å². The maximum atomic E-state index is 12.6. The monoisotopic (exact) mass is 414 g/mol. The Kier molecular flexibility index (Phi) is 6.47. The predicted octanol–water partition coefficient (Wildman–Crippen LogP) is 3.46. The lowest BCUT2D eigenvalue weighted by atomic mass is 10.0. The van der Waals surface area contributed by atoms with Gasteiger partial charge in [0, 0.05) is 32.4 Å². The van der Waals surface area contributed by atoms with Crippen LogP contribution in [0.25, 0.3) is 0 Å². The van der Waals surface area contributed by atoms with Gasteiger partial charge in [-0.25, -0.2) is 13.4 Å². The summed E-state index contributed by atoms with van der Waals surface area (Å²) in [6.07, 6.45) is 7.25. The van der Waals surface area contributed by atoms with Gasteiger partial charge in [0.1, 0.15) is 10.7 Å². The molecule has 29 heavy (non-hydrogen) atoms. The molecule has 3 heterocycles. The van der Waals surface area contributed by atoms with Gasteiger partial charge < -0.3 is 5.32 Å². The Bertz CT molecular complexity index is 903. The molecule has 0 radical (unpaired) electrons. The maximum absolute atomic E-state index is 12.6. The van der Waals surface area contributed by atoms with Crippen molar-refractivity contribution in [3.63, 3.8) is 0 Å². The van der Waals surface area contributed by atoms with Gasteiger partial charge in [-0.2, -0.15) is 4.31 Å². The van der Waals surface area contributed by atoms with E-state index in [1.807, 2.05) is 0 Å². The molecular formula is C22H30N4O2S. The number of nitrogens with one attached hydrogen (secondary N) is 1. The van der Waals surface area contributed by atoms with Crippen molar-refractivity contribution in [1.29, 1.82) is 0 Å². The number of nitrogens with zero attached hydrogens (tertiary/aromatic N) is 3. The number of aromatic nitrogens is 1. The third-order valence-electron chi connectivity index (χ3n) is 5.86. The quantitative estimate of drug-likeness (QED) is 0.752. The third kappa shape index (κ3) is 4.97. The second kappa shape index (κ2) is 9.24. The van der Waals surface area contributed by atoms with Crippen molar-refractivity contribution < 1.29 is 8.42 Å². The van der Waals surface area contributed by atoms with E-state index in [1.54, 1.807) is 16.4 Å². The largest absolute Gasteiger partial charge is 0.366 e. The van der Waals surface area contributed by atoms with E-state index in [0.29, 0.717) is 25.5 Å². The van der Waals surface area contributed by atoms with E-state index in [-0.39, 0.29) is 4.90 Å². The van der Waals surface area contributed by atoms with Gasteiger partial charge in [0.15, 0.2) is 0 Å². The van der Waals surface area contributed by atoms with Crippen molar-refractivity contribution in [3.8, 4) is 0 Å². The topological polar surface area (TPSA) is 65.5 Å². The second-order valence-electron chi connectivity index (χ2n) is 7.95. The summed E-state index contributed by atoms with van der Waals surface area (Å²) in [5, 5.41) is 3.35. The first-order valence-electron chi connectivity index (χ1n) is 10.6. The summed E-state index contributed by atoms with van der Waals surface area (Å²) in [4.78, 5) is 7.15. The lowest BCUT2D eigenvalue weighted by Gasteiger charge is -2.27. The van der Waals surface area contributed by atoms with Crippen molar-refractivity contribution in [2.75, 3.05) is 31.5 Å². The highest BCUT2D eigenvalue weighted by molar-refractivity contribution is 7.89. The normalized spacial score (nSPS) is 18.8. The van der Waals surface area contributed by atoms with E-state index in [2.05, 4.69) is 39.5 Å². The number of piperidine rings is 1. The molecule has 6 nitrogen and oxygen atoms in total. The van der Waals surface area contributed by atoms with Gasteiger partial charge in [0.2, 0.25) is 10.0 Å². The molecule has 2 fully saturated rings. The zero-order valence-electron chi connectivity index (χ0n) is 16.9. The molecule has 156 valence electrons. The number of benzene rings is 1. The SMILES string of the molecule is O=S(=O)(c1ccc(NCc2ccccc2CN2CCCCC2)nc1)N1CCCC1. The Morgan fingerprint density at radius 2 is 1.55 bits per heavy atom. The zero-order valence-corrected chi connectivity index (χ0v) is 17.7. The van der Waals surface area contributed by atoms with Crippen molar-refractivity contribution in [3.05, 3.63) is 53.7 Å². The first kappa shape index (κ1) is 20.3. The van der Waals surface area contributed by atoms with Crippen LogP contribution in [0.3, 0.4) is 0 Å². The first-order chi connectivity index (χ1) is 14.1. The molecule has 0 spiro atoms. The first-order valence-corrected chi connectivity index (χ1v) is 12.1. The van der Waals surface area contributed by atoms with E-state index in [0.717, 1.165) is 19.4 Å². The fourth-order valence-corrected chi connectivity index (χ4v) is 5.61. The lowest BCUT2D eigenvalue weighted by Crippen LogP contribution is -2.29. The molecule has 0 unspecified atom stereocenters. The van der Waals surface area contributed by atoms with Crippen molar-refractivity contribution in [2.24, 2.45) is 0 Å². The van der Waals surface area contributed by atoms with E-state index in [9.17, 15) is 8.42 Å². The van der Waals surface area contributed by atoms with E-state index >= 15 is 0 Å². The summed E-state index contributed by atoms with van der Waals surface area (Å²) < 4.78 is 26.8. The van der Waals surface area contributed by atoms with Crippen LogP contribution < -0.4 is 5.32 Å². The standard InChI is InChI=1S/C22H30N4O2S/c27-29(28,26-14-6-7-15-26)21-10-11-22(24-17-21)23-16-19-8-2-3-9-20(19)18-25-12-4-1-5-13-25/h2-3,8-11,17H,1,4-7,12-16,18H2,(H,23,24). The zero-order chi connectivity index (χ0) is 20.1. The molecular weight excluding hydrogens is 384 g/mol. The van der Waals surface area contributed by atoms with Crippen molar-refractivity contribution >= 4 is 15.8 Å². The Labute approximate surface area is 174 Å². The molecule has 1 aromatic heterocycles. The smallest absolute Gasteiger partial charge is 0.244 e. The molecule has 2 aliphatic rings. The molecule has 2 saturated heterocycles. The summed E-state index contributed by atoms with van der Waals surface area (Å²) >= 11 is 0. The summed E-state index contributed by atoms with van der Waals surface area (Å²) in [6.45, 7) is 5.23. The van der Waals surface area contributed by atoms with Crippen LogP contribution in [0.15, 0.2) is 47.5 Å². The molecule has 7 heteroatoms. The lowest BCUT2D eigenvalue weighted by molar-refractivity contribution is 0.220. The molecule has 0 saturated carbocycles. The molecule has 4 rings (SSSR count). The minimum absolute atomic E-state index is 0.274. The van der Waals surface area contributed by atoms with Gasteiger partial charge in [-0.1, -0.05) is 30.7 Å². The fraction of sp³-hybridized carbons (Fsp3) is 0.500. The van der Waals surface area contributed by atoms with E-state index < -0.39 is 10.0 Å². The number of rotatable bonds is 7. The van der Waals surface area contributed by atoms with Crippen LogP contribution in [0.5, 0.6) is 0 Å². The van der Waals surface area contributed by atoms with Gasteiger partial charge in [-0.15, -0.1) is 0 Å². The van der Waals surface area contributed by atoms with Crippen LogP contribution in [0.2, 0.25) is 0 Å². The number of anilines is 1. The van der Waals surface area contributed by atoms with Crippen molar-refractivity contribution in [1.82, 2.24) is 14.2 Å². The molecule has 2 aromatic rings. The summed E-state index contributed by atoms with van der Waals surface area (Å²) in [6, 6.07) is 11.9. The molecule has 0 bridgehead atoms. The number of sulfonamides is 1. The maximum Gasteiger partial charge on any atom is 0.244 e. The van der Waals surface area contributed by atoms with E-state index in [1.165, 1.54) is 49.7 Å². The minimum Gasteiger partial charge on any atom is -0.366 e. The van der Waals surface area contributed by atoms with Crippen LogP contribution in [0.4, 0.5) is 5.82 Å². The Hall–Kier alpha value is -1.96. The van der Waals surface area contributed by atoms with Crippen LogP contribution in [-0.2, 0) is 23.1 Å². The average molecular weight is 415 g/mol. The van der Waals surface area contributed by atoms with E-state index in [4.69, 9.17) is 0 Å². The highest BCUT2D eigenvalue weighted by atomic mass is 32.2. The van der Waals surface area contributed by atoms with Crippen LogP contribution in [0.1, 0.15) is 43.2 Å². The van der Waals surface area contributed by atoms with Gasteiger partial charge in [-0.05, 0) is 62.0 Å². The minimum atomic E-state index is -3.41. The van der Waals surface area contributed by atoms with Crippen LogP contribution in [-0.4, -0.2) is 48.8 Å².